The van der Waals surface area contributed by atoms with Gasteiger partial charge < -0.3 is 10.0 Å². The summed E-state index contributed by atoms with van der Waals surface area (Å²) >= 11 is 5.94. The fourth-order valence-electron chi connectivity index (χ4n) is 8.51. The predicted molar refractivity (Wildman–Crippen MR) is 133 cm³/mol. The number of hydrogen-bond acceptors (Lipinski definition) is 3. The molecular weight excluding hydrogens is 418 g/mol. The minimum Gasteiger partial charge on any atom is -0.381 e. The normalized spacial score (nSPS) is 43.4. The lowest BCUT2D eigenvalue weighted by Gasteiger charge is -2.58. The van der Waals surface area contributed by atoms with Gasteiger partial charge in [0.1, 0.15) is 5.60 Å². The molecule has 3 aliphatic carbocycles. The van der Waals surface area contributed by atoms with E-state index in [1.165, 1.54) is 44.5 Å². The molecule has 4 heteroatoms. The van der Waals surface area contributed by atoms with E-state index in [-0.39, 0.29) is 22.5 Å². The Kier molecular flexibility index (Phi) is 6.92. The van der Waals surface area contributed by atoms with Gasteiger partial charge in [-0.2, -0.15) is 0 Å². The van der Waals surface area contributed by atoms with Crippen LogP contribution in [0.5, 0.6) is 0 Å². The highest BCUT2D eigenvalue weighted by molar-refractivity contribution is 6.28. The van der Waals surface area contributed by atoms with E-state index < -0.39 is 5.60 Å². The molecular formula is C28H44ClNO2. The van der Waals surface area contributed by atoms with Crippen LogP contribution in [-0.4, -0.2) is 40.4 Å². The lowest BCUT2D eigenvalue weighted by atomic mass is 9.47. The lowest BCUT2D eigenvalue weighted by molar-refractivity contribution is -0.159. The Balaban J connectivity index is 1.55. The molecule has 4 rings (SSSR count). The van der Waals surface area contributed by atoms with Crippen LogP contribution in [0.3, 0.4) is 0 Å². The number of halogens is 1. The van der Waals surface area contributed by atoms with E-state index >= 15 is 0 Å². The summed E-state index contributed by atoms with van der Waals surface area (Å²) in [6, 6.07) is 0. The molecule has 5 unspecified atom stereocenters. The largest absolute Gasteiger partial charge is 0.381 e. The van der Waals surface area contributed by atoms with Crippen LogP contribution in [0.2, 0.25) is 0 Å². The fourth-order valence-corrected chi connectivity index (χ4v) is 8.73. The molecule has 4 aliphatic rings. The van der Waals surface area contributed by atoms with Crippen LogP contribution in [0.4, 0.5) is 0 Å². The van der Waals surface area contributed by atoms with Crippen LogP contribution in [-0.2, 0) is 4.79 Å². The standard InChI is InChI=1S/C28H44ClNO2/c1-5-21-10-11-22-23(26(21,3)14-8-9-20(2)30-17-6-7-18-30)12-15-27(4)24(22)13-16-28(27,32)25(31)19-29/h5,9,22-24,32H,6-8,10-19H2,1-4H3/b20-9-,21-5-/t22?,23?,24?,26?,27?,28-/m0/s1. The van der Waals surface area contributed by atoms with Gasteiger partial charge in [0.2, 0.25) is 0 Å². The number of likely N-dealkylation sites (tertiary alicyclic amines) is 1. The molecule has 0 radical (unpaired) electrons. The second-order valence-corrected chi connectivity index (χ2v) is 11.9. The fraction of sp³-hybridized carbons (Fsp3) is 0.821. The van der Waals surface area contributed by atoms with Crippen LogP contribution < -0.4 is 0 Å². The molecule has 6 atom stereocenters. The monoisotopic (exact) mass is 461 g/mol. The zero-order valence-corrected chi connectivity index (χ0v) is 21.5. The highest BCUT2D eigenvalue weighted by atomic mass is 35.5. The number of Topliss-reactive ketones (excluding diaryl/α,β-unsaturated/α-hetero) is 1. The van der Waals surface area contributed by atoms with Crippen molar-refractivity contribution in [2.45, 2.75) is 97.5 Å². The van der Waals surface area contributed by atoms with Crippen LogP contribution >= 0.6 is 11.6 Å². The van der Waals surface area contributed by atoms with Gasteiger partial charge in [0, 0.05) is 24.2 Å². The van der Waals surface area contributed by atoms with Gasteiger partial charge in [0.15, 0.2) is 5.78 Å². The molecule has 32 heavy (non-hydrogen) atoms. The van der Waals surface area contributed by atoms with Crippen molar-refractivity contribution in [2.24, 2.45) is 28.6 Å². The maximum Gasteiger partial charge on any atom is 0.179 e. The third-order valence-electron chi connectivity index (χ3n) is 10.5. The number of allylic oxidation sites excluding steroid dienone is 4. The van der Waals surface area contributed by atoms with Gasteiger partial charge in [-0.15, -0.1) is 11.6 Å². The molecule has 3 saturated carbocycles. The SMILES string of the molecule is C/C=C1/CCC2C(CCC3(C)C2CC[C@]3(O)C(=O)CCl)C1(C)CC/C=C(/C)N1CCCC1. The van der Waals surface area contributed by atoms with E-state index in [4.69, 9.17) is 11.6 Å². The Labute approximate surface area is 200 Å². The van der Waals surface area contributed by atoms with Crippen molar-refractivity contribution in [3.05, 3.63) is 23.4 Å². The van der Waals surface area contributed by atoms with Crippen molar-refractivity contribution in [1.82, 2.24) is 4.90 Å². The van der Waals surface area contributed by atoms with Crippen LogP contribution in [0, 0.1) is 28.6 Å². The third-order valence-corrected chi connectivity index (χ3v) is 10.8. The molecule has 1 heterocycles. The molecule has 0 bridgehead atoms. The van der Waals surface area contributed by atoms with Crippen molar-refractivity contribution in [3.63, 3.8) is 0 Å². The van der Waals surface area contributed by atoms with Crippen molar-refractivity contribution in [3.8, 4) is 0 Å². The third kappa shape index (κ3) is 3.70. The number of hydrogen-bond donors (Lipinski definition) is 1. The van der Waals surface area contributed by atoms with E-state index in [1.807, 2.05) is 0 Å². The van der Waals surface area contributed by atoms with Gasteiger partial charge in [0.05, 0.1) is 5.88 Å². The van der Waals surface area contributed by atoms with Gasteiger partial charge in [-0.1, -0.05) is 31.6 Å². The maximum atomic E-state index is 12.7. The van der Waals surface area contributed by atoms with E-state index in [0.29, 0.717) is 24.2 Å². The Morgan fingerprint density at radius 1 is 1.16 bits per heavy atom. The molecule has 3 nitrogen and oxygen atoms in total. The van der Waals surface area contributed by atoms with Gasteiger partial charge in [-0.25, -0.2) is 0 Å². The topological polar surface area (TPSA) is 40.5 Å². The van der Waals surface area contributed by atoms with Gasteiger partial charge in [-0.3, -0.25) is 4.79 Å². The highest BCUT2D eigenvalue weighted by Gasteiger charge is 2.65. The summed E-state index contributed by atoms with van der Waals surface area (Å²) in [6.07, 6.45) is 15.8. The number of ketones is 1. The number of fused-ring (bicyclic) bond motifs is 3. The molecule has 1 N–H and O–H groups in total. The van der Waals surface area contributed by atoms with E-state index in [0.717, 1.165) is 32.1 Å². The number of aliphatic hydroxyl groups is 1. The second-order valence-electron chi connectivity index (χ2n) is 11.6. The number of nitrogens with zero attached hydrogens (tertiary/aromatic N) is 1. The first kappa shape index (κ1) is 24.3. The summed E-state index contributed by atoms with van der Waals surface area (Å²) in [5.41, 5.74) is 1.77. The minimum atomic E-state index is -1.22. The van der Waals surface area contributed by atoms with Crippen molar-refractivity contribution < 1.29 is 9.90 Å². The maximum absolute atomic E-state index is 12.7. The number of alkyl halides is 1. The van der Waals surface area contributed by atoms with Gasteiger partial charge in [-0.05, 0) is 101 Å². The molecule has 0 aromatic heterocycles. The van der Waals surface area contributed by atoms with Crippen molar-refractivity contribution in [2.75, 3.05) is 19.0 Å². The summed E-state index contributed by atoms with van der Waals surface area (Å²) in [6.45, 7) is 11.7. The average Bonchev–Trinajstić information content (AvgIpc) is 3.41. The van der Waals surface area contributed by atoms with Crippen molar-refractivity contribution in [1.29, 1.82) is 0 Å². The molecule has 0 aromatic carbocycles. The Bertz CT molecular complexity index is 784. The smallest absolute Gasteiger partial charge is 0.179 e. The summed E-state index contributed by atoms with van der Waals surface area (Å²) in [5, 5.41) is 11.5. The van der Waals surface area contributed by atoms with E-state index in [1.54, 1.807) is 5.57 Å². The molecule has 1 aliphatic heterocycles. The summed E-state index contributed by atoms with van der Waals surface area (Å²) in [4.78, 5) is 15.2. The lowest BCUT2D eigenvalue weighted by Crippen LogP contribution is -2.57. The number of carbonyl (C=O) groups is 1. The Morgan fingerprint density at radius 3 is 2.50 bits per heavy atom. The van der Waals surface area contributed by atoms with Gasteiger partial charge >= 0.3 is 0 Å². The number of carbonyl (C=O) groups excluding carboxylic acids is 1. The molecule has 1 saturated heterocycles. The zero-order valence-electron chi connectivity index (χ0n) is 20.8. The van der Waals surface area contributed by atoms with Crippen LogP contribution in [0.15, 0.2) is 23.4 Å². The summed E-state index contributed by atoms with van der Waals surface area (Å²) < 4.78 is 0. The first-order valence-electron chi connectivity index (χ1n) is 13.1. The number of rotatable bonds is 6. The second kappa shape index (κ2) is 9.10. The van der Waals surface area contributed by atoms with Crippen LogP contribution in [0.25, 0.3) is 0 Å². The average molecular weight is 462 g/mol. The molecule has 4 fully saturated rings. The van der Waals surface area contributed by atoms with E-state index in [9.17, 15) is 9.90 Å². The first-order chi connectivity index (χ1) is 15.2. The Hall–Kier alpha value is -0.800. The zero-order chi connectivity index (χ0) is 23.1. The molecule has 0 aromatic rings. The quantitative estimate of drug-likeness (QED) is 0.362. The predicted octanol–water partition coefficient (Wildman–Crippen LogP) is 6.49. The summed E-state index contributed by atoms with van der Waals surface area (Å²) in [5.74, 6) is 1.45. The van der Waals surface area contributed by atoms with E-state index in [2.05, 4.69) is 44.7 Å². The molecule has 0 amide bonds. The first-order valence-corrected chi connectivity index (χ1v) is 13.6. The van der Waals surface area contributed by atoms with Gasteiger partial charge in [0.25, 0.3) is 0 Å². The Morgan fingerprint density at radius 2 is 1.84 bits per heavy atom. The highest BCUT2D eigenvalue weighted by Crippen LogP contribution is 2.67. The van der Waals surface area contributed by atoms with Crippen LogP contribution in [0.1, 0.15) is 91.9 Å². The molecule has 0 spiro atoms. The minimum absolute atomic E-state index is 0.0734. The molecule has 180 valence electrons. The van der Waals surface area contributed by atoms with Crippen molar-refractivity contribution >= 4 is 17.4 Å². The summed E-state index contributed by atoms with van der Waals surface area (Å²) in [7, 11) is 0.